The first-order valence-corrected chi connectivity index (χ1v) is 2.88. The summed E-state index contributed by atoms with van der Waals surface area (Å²) in [4.78, 5) is 0. The van der Waals surface area contributed by atoms with Gasteiger partial charge in [0.1, 0.15) is 0 Å². The molecule has 0 saturated carbocycles. The third-order valence-electron chi connectivity index (χ3n) is 1.15. The minimum Gasteiger partial charge on any atom is -0.198 e. The van der Waals surface area contributed by atoms with Gasteiger partial charge in [-0.05, 0) is 12.5 Å². The lowest BCUT2D eigenvalue weighted by Gasteiger charge is -1.99. The fraction of sp³-hybridized carbons (Fsp3) is 0.222. The molecule has 0 amide bonds. The molecule has 0 heterocycles. The standard InChI is InChI=1S/C9H9N/c1-8(7-10)9-5-3-2-4-6-9/h2-6,8H,1H3/i2D,3D,4D,5D,6D. The maximum absolute atomic E-state index is 8.70. The minimum absolute atomic E-state index is 0.0588. The molecule has 0 bridgehead atoms. The van der Waals surface area contributed by atoms with Crippen molar-refractivity contribution in [2.45, 2.75) is 12.8 Å². The van der Waals surface area contributed by atoms with Crippen molar-refractivity contribution >= 4 is 0 Å². The first-order chi connectivity index (χ1) is 6.91. The molecule has 1 nitrogen and oxygen atoms in total. The Hall–Kier alpha value is -1.29. The van der Waals surface area contributed by atoms with Crippen molar-refractivity contribution in [3.63, 3.8) is 0 Å². The molecule has 0 aromatic heterocycles. The van der Waals surface area contributed by atoms with Gasteiger partial charge in [-0.25, -0.2) is 0 Å². The average molecular weight is 136 g/mol. The van der Waals surface area contributed by atoms with Crippen LogP contribution in [0.15, 0.2) is 30.2 Å². The zero-order valence-electron chi connectivity index (χ0n) is 10.5. The van der Waals surface area contributed by atoms with E-state index in [1.807, 2.05) is 6.07 Å². The van der Waals surface area contributed by atoms with Crippen molar-refractivity contribution in [2.75, 3.05) is 0 Å². The lowest BCUT2D eigenvalue weighted by Crippen LogP contribution is -1.86. The van der Waals surface area contributed by atoms with Crippen LogP contribution < -0.4 is 0 Å². The number of hydrogen-bond donors (Lipinski definition) is 0. The molecule has 1 aromatic carbocycles. The van der Waals surface area contributed by atoms with E-state index in [1.165, 1.54) is 6.92 Å². The number of benzene rings is 1. The lowest BCUT2D eigenvalue weighted by molar-refractivity contribution is 0.982. The Bertz CT molecular complexity index is 420. The van der Waals surface area contributed by atoms with Crippen LogP contribution in [0.3, 0.4) is 0 Å². The fourth-order valence-corrected chi connectivity index (χ4v) is 0.541. The van der Waals surface area contributed by atoms with E-state index in [0.717, 1.165) is 0 Å². The summed E-state index contributed by atoms with van der Waals surface area (Å²) in [6, 6.07) is 0.0542. The topological polar surface area (TPSA) is 23.8 Å². The van der Waals surface area contributed by atoms with Crippen LogP contribution in [0.1, 0.15) is 25.3 Å². The third-order valence-corrected chi connectivity index (χ3v) is 1.15. The van der Waals surface area contributed by atoms with E-state index in [-0.39, 0.29) is 17.6 Å². The highest BCUT2D eigenvalue weighted by molar-refractivity contribution is 5.23. The normalized spacial score (nSPS) is 19.0. The van der Waals surface area contributed by atoms with Crippen molar-refractivity contribution < 1.29 is 6.85 Å². The molecule has 0 spiro atoms. The Balaban J connectivity index is 3.61. The number of nitrogens with zero attached hydrogens (tertiary/aromatic N) is 1. The van der Waals surface area contributed by atoms with E-state index < -0.39 is 24.0 Å². The SMILES string of the molecule is [2H]c1c([2H])c([2H])c(C(C)C#N)c([2H])c1[2H]. The van der Waals surface area contributed by atoms with Gasteiger partial charge in [0.15, 0.2) is 0 Å². The molecule has 1 atom stereocenters. The molecule has 1 rings (SSSR count). The highest BCUT2D eigenvalue weighted by Gasteiger charge is 1.99. The molecular formula is C9H9N. The van der Waals surface area contributed by atoms with E-state index >= 15 is 0 Å². The molecule has 0 aliphatic heterocycles. The van der Waals surface area contributed by atoms with Gasteiger partial charge in [-0.15, -0.1) is 0 Å². The molecular weight excluding hydrogens is 122 g/mol. The van der Waals surface area contributed by atoms with Gasteiger partial charge in [0.25, 0.3) is 0 Å². The Morgan fingerprint density at radius 2 is 2.10 bits per heavy atom. The summed E-state index contributed by atoms with van der Waals surface area (Å²) >= 11 is 0. The van der Waals surface area contributed by atoms with Crippen LogP contribution in [0.5, 0.6) is 0 Å². The minimum atomic E-state index is -0.709. The quantitative estimate of drug-likeness (QED) is 0.581. The maximum atomic E-state index is 8.70. The van der Waals surface area contributed by atoms with Crippen LogP contribution in [0.25, 0.3) is 0 Å². The third kappa shape index (κ3) is 1.35. The predicted molar refractivity (Wildman–Crippen MR) is 40.5 cm³/mol. The molecule has 0 aliphatic rings. The Morgan fingerprint density at radius 3 is 2.60 bits per heavy atom. The first kappa shape index (κ1) is 2.75. The van der Waals surface area contributed by atoms with Crippen LogP contribution in [0.4, 0.5) is 0 Å². The summed E-state index contributed by atoms with van der Waals surface area (Å²) in [6.45, 7) is 1.51. The van der Waals surface area contributed by atoms with Crippen LogP contribution in [0.2, 0.25) is 0 Å². The molecule has 1 heteroatoms. The van der Waals surface area contributed by atoms with Gasteiger partial charge in [-0.3, -0.25) is 0 Å². The smallest absolute Gasteiger partial charge is 0.0700 e. The van der Waals surface area contributed by atoms with E-state index in [9.17, 15) is 0 Å². The highest BCUT2D eigenvalue weighted by atomic mass is 14.3. The summed E-state index contributed by atoms with van der Waals surface area (Å²) in [5, 5.41) is 8.70. The molecule has 50 valence electrons. The Kier molecular flexibility index (Phi) is 0.834. The van der Waals surface area contributed by atoms with Gasteiger partial charge < -0.3 is 0 Å². The fourth-order valence-electron chi connectivity index (χ4n) is 0.541. The zero-order chi connectivity index (χ0) is 11.7. The summed E-state index contributed by atoms with van der Waals surface area (Å²) < 4.78 is 37.2. The van der Waals surface area contributed by atoms with E-state index in [2.05, 4.69) is 0 Å². The number of nitriles is 1. The zero-order valence-corrected chi connectivity index (χ0v) is 5.52. The number of hydrogen-bond acceptors (Lipinski definition) is 1. The molecule has 0 aliphatic carbocycles. The molecule has 0 fully saturated rings. The van der Waals surface area contributed by atoms with Gasteiger partial charge in [0.2, 0.25) is 0 Å². The molecule has 1 aromatic rings. The first-order valence-electron chi connectivity index (χ1n) is 5.38. The van der Waals surface area contributed by atoms with Gasteiger partial charge in [-0.1, -0.05) is 30.2 Å². The second-order valence-corrected chi connectivity index (χ2v) is 1.89. The van der Waals surface area contributed by atoms with E-state index in [4.69, 9.17) is 12.1 Å². The molecule has 0 N–H and O–H groups in total. The highest BCUT2D eigenvalue weighted by Crippen LogP contribution is 2.11. The van der Waals surface area contributed by atoms with Crippen LogP contribution in [-0.4, -0.2) is 0 Å². The van der Waals surface area contributed by atoms with Gasteiger partial charge in [0, 0.05) is 0 Å². The summed E-state index contributed by atoms with van der Waals surface area (Å²) in [5.74, 6) is -0.709. The summed E-state index contributed by atoms with van der Waals surface area (Å²) in [7, 11) is 0. The Labute approximate surface area is 67.9 Å². The van der Waals surface area contributed by atoms with Crippen molar-refractivity contribution in [2.24, 2.45) is 0 Å². The van der Waals surface area contributed by atoms with Crippen molar-refractivity contribution in [3.05, 3.63) is 35.8 Å². The molecule has 1 unspecified atom stereocenters. The summed E-state index contributed by atoms with van der Waals surface area (Å²) in [5.41, 5.74) is 0.0588. The number of rotatable bonds is 1. The Morgan fingerprint density at radius 1 is 1.50 bits per heavy atom. The van der Waals surface area contributed by atoms with Crippen molar-refractivity contribution in [1.29, 1.82) is 5.26 Å². The average Bonchev–Trinajstić information content (AvgIpc) is 2.23. The molecule has 0 radical (unpaired) electrons. The monoisotopic (exact) mass is 136 g/mol. The van der Waals surface area contributed by atoms with E-state index in [1.54, 1.807) is 0 Å². The molecule has 0 saturated heterocycles. The van der Waals surface area contributed by atoms with Crippen molar-refractivity contribution in [3.8, 4) is 6.07 Å². The van der Waals surface area contributed by atoms with Crippen LogP contribution in [0, 0.1) is 11.3 Å². The second kappa shape index (κ2) is 3.03. The predicted octanol–water partition coefficient (Wildman–Crippen LogP) is 2.31. The van der Waals surface area contributed by atoms with Gasteiger partial charge in [-0.2, -0.15) is 5.26 Å². The summed E-state index contributed by atoms with van der Waals surface area (Å²) in [6.07, 6.45) is 0. The van der Waals surface area contributed by atoms with E-state index in [0.29, 0.717) is 0 Å². The maximum Gasteiger partial charge on any atom is 0.0700 e. The second-order valence-electron chi connectivity index (χ2n) is 1.89. The van der Waals surface area contributed by atoms with Crippen LogP contribution in [-0.2, 0) is 0 Å². The molecule has 10 heavy (non-hydrogen) atoms. The van der Waals surface area contributed by atoms with Gasteiger partial charge >= 0.3 is 0 Å². The largest absolute Gasteiger partial charge is 0.198 e. The van der Waals surface area contributed by atoms with Crippen LogP contribution >= 0.6 is 0 Å². The van der Waals surface area contributed by atoms with Crippen molar-refractivity contribution in [1.82, 2.24) is 0 Å². The lowest BCUT2D eigenvalue weighted by atomic mass is 10.0. The van der Waals surface area contributed by atoms with Gasteiger partial charge in [0.05, 0.1) is 18.8 Å².